The minimum atomic E-state index is -0.479. The van der Waals surface area contributed by atoms with Gasteiger partial charge in [0.2, 0.25) is 11.8 Å². The Bertz CT molecular complexity index is 1060. The second kappa shape index (κ2) is 8.71. The predicted octanol–water partition coefficient (Wildman–Crippen LogP) is 4.01. The van der Waals surface area contributed by atoms with Crippen LogP contribution in [0.15, 0.2) is 23.6 Å². The van der Waals surface area contributed by atoms with Gasteiger partial charge >= 0.3 is 0 Å². The van der Waals surface area contributed by atoms with Crippen LogP contribution in [-0.2, 0) is 11.2 Å². The Morgan fingerprint density at radius 2 is 2.03 bits per heavy atom. The Labute approximate surface area is 177 Å². The highest BCUT2D eigenvalue weighted by Gasteiger charge is 2.16. The van der Waals surface area contributed by atoms with E-state index < -0.39 is 5.91 Å². The molecule has 2 aromatic heterocycles. The van der Waals surface area contributed by atoms with E-state index in [0.717, 1.165) is 26.8 Å². The fourth-order valence-electron chi connectivity index (χ4n) is 2.74. The molecular weight excluding hydrogens is 408 g/mol. The van der Waals surface area contributed by atoms with Gasteiger partial charge in [-0.25, -0.2) is 9.97 Å². The van der Waals surface area contributed by atoms with E-state index >= 15 is 0 Å². The maximum atomic E-state index is 11.6. The van der Waals surface area contributed by atoms with Crippen LogP contribution in [0.25, 0.3) is 10.6 Å². The van der Waals surface area contributed by atoms with Gasteiger partial charge in [0.05, 0.1) is 27.4 Å². The molecule has 0 unspecified atom stereocenters. The quantitative estimate of drug-likeness (QED) is 0.589. The first-order valence-corrected chi connectivity index (χ1v) is 10.7. The maximum absolute atomic E-state index is 11.6. The van der Waals surface area contributed by atoms with Crippen LogP contribution in [0.1, 0.15) is 47.4 Å². The molecule has 2 heterocycles. The van der Waals surface area contributed by atoms with Crippen molar-refractivity contribution >= 4 is 39.6 Å². The number of aryl methyl sites for hydroxylation is 1. The summed E-state index contributed by atoms with van der Waals surface area (Å²) in [7, 11) is 0. The Morgan fingerprint density at radius 3 is 2.69 bits per heavy atom. The van der Waals surface area contributed by atoms with Crippen LogP contribution in [0.4, 0.5) is 5.13 Å². The summed E-state index contributed by atoms with van der Waals surface area (Å²) in [6, 6.07) is 5.20. The van der Waals surface area contributed by atoms with Gasteiger partial charge in [-0.2, -0.15) is 0 Å². The van der Waals surface area contributed by atoms with Gasteiger partial charge in [-0.05, 0) is 39.0 Å². The summed E-state index contributed by atoms with van der Waals surface area (Å²) >= 11 is 2.92. The van der Waals surface area contributed by atoms with E-state index in [1.165, 1.54) is 29.6 Å². The number of hydrogen-bond acceptors (Lipinski definition) is 7. The third-order valence-corrected chi connectivity index (χ3v) is 5.86. The van der Waals surface area contributed by atoms with Gasteiger partial charge in [-0.3, -0.25) is 9.59 Å². The van der Waals surface area contributed by atoms with Crippen molar-refractivity contribution in [2.75, 3.05) is 5.32 Å². The van der Waals surface area contributed by atoms with E-state index in [2.05, 4.69) is 10.3 Å². The second-order valence-electron chi connectivity index (χ2n) is 6.77. The Hall–Kier alpha value is -2.78. The van der Waals surface area contributed by atoms with E-state index in [0.29, 0.717) is 22.9 Å². The van der Waals surface area contributed by atoms with Crippen molar-refractivity contribution < 1.29 is 14.3 Å². The van der Waals surface area contributed by atoms with E-state index in [1.807, 2.05) is 26.2 Å². The number of carbonyl (C=O) groups is 2. The van der Waals surface area contributed by atoms with E-state index in [-0.39, 0.29) is 12.0 Å². The third-order valence-electron chi connectivity index (χ3n) is 3.91. The lowest BCUT2D eigenvalue weighted by molar-refractivity contribution is -0.114. The lowest BCUT2D eigenvalue weighted by Gasteiger charge is -2.14. The maximum Gasteiger partial charge on any atom is 0.248 e. The van der Waals surface area contributed by atoms with E-state index in [1.54, 1.807) is 18.2 Å². The zero-order valence-corrected chi connectivity index (χ0v) is 18.2. The number of primary amides is 1. The van der Waals surface area contributed by atoms with Crippen LogP contribution < -0.4 is 15.8 Å². The molecule has 3 N–H and O–H groups in total. The van der Waals surface area contributed by atoms with Crippen LogP contribution in [0, 0.1) is 6.92 Å². The summed E-state index contributed by atoms with van der Waals surface area (Å²) in [4.78, 5) is 32.9. The lowest BCUT2D eigenvalue weighted by Crippen LogP contribution is -2.13. The number of ether oxygens (including phenoxy) is 1. The fraction of sp³-hybridized carbons (Fsp3) is 0.300. The molecule has 2 amide bonds. The SMILES string of the molecule is CC(=O)Nc1nc(C)c(-c2csc(Cc3cc(C(N)=O)ccc3OC(C)C)n2)s1. The lowest BCUT2D eigenvalue weighted by atomic mass is 10.1. The number of carbonyl (C=O) groups excluding carboxylic acids is 2. The van der Waals surface area contributed by atoms with Crippen molar-refractivity contribution in [3.8, 4) is 16.3 Å². The van der Waals surface area contributed by atoms with Gasteiger partial charge in [0.15, 0.2) is 5.13 Å². The number of aromatic nitrogens is 2. The number of amides is 2. The van der Waals surface area contributed by atoms with Gasteiger partial charge < -0.3 is 15.8 Å². The third kappa shape index (κ3) is 5.18. The largest absolute Gasteiger partial charge is 0.491 e. The summed E-state index contributed by atoms with van der Waals surface area (Å²) in [5.41, 5.74) is 8.35. The smallest absolute Gasteiger partial charge is 0.248 e. The van der Waals surface area contributed by atoms with Gasteiger partial charge in [0.1, 0.15) is 5.75 Å². The molecular formula is C20H22N4O3S2. The number of anilines is 1. The van der Waals surface area contributed by atoms with Crippen LogP contribution in [0.5, 0.6) is 5.75 Å². The topological polar surface area (TPSA) is 107 Å². The average Bonchev–Trinajstić information content (AvgIpc) is 3.21. The number of rotatable bonds is 7. The van der Waals surface area contributed by atoms with Crippen molar-refractivity contribution in [3.63, 3.8) is 0 Å². The molecule has 0 saturated carbocycles. The Morgan fingerprint density at radius 1 is 1.28 bits per heavy atom. The van der Waals surface area contributed by atoms with Crippen LogP contribution in [-0.4, -0.2) is 27.9 Å². The number of nitrogens with two attached hydrogens (primary N) is 1. The normalized spacial score (nSPS) is 10.9. The molecule has 0 radical (unpaired) electrons. The van der Waals surface area contributed by atoms with Crippen LogP contribution >= 0.6 is 22.7 Å². The highest BCUT2D eigenvalue weighted by atomic mass is 32.1. The summed E-state index contributed by atoms with van der Waals surface area (Å²) < 4.78 is 5.88. The zero-order chi connectivity index (χ0) is 21.1. The summed E-state index contributed by atoms with van der Waals surface area (Å²) in [6.45, 7) is 7.24. The molecule has 0 aliphatic heterocycles. The molecule has 1 aromatic carbocycles. The Balaban J connectivity index is 1.88. The van der Waals surface area contributed by atoms with Crippen molar-refractivity contribution in [2.24, 2.45) is 5.73 Å². The standard InChI is InChI=1S/C20H22N4O3S2/c1-10(2)27-16-6-5-13(19(21)26)7-14(16)8-17-24-15(9-28-17)18-11(3)22-20(29-18)23-12(4)25/h5-7,9-10H,8H2,1-4H3,(H2,21,26)(H,22,23,25). The molecule has 0 aliphatic carbocycles. The zero-order valence-electron chi connectivity index (χ0n) is 16.6. The monoisotopic (exact) mass is 430 g/mol. The molecule has 0 bridgehead atoms. The molecule has 3 aromatic rings. The van der Waals surface area contributed by atoms with Gasteiger partial charge in [-0.1, -0.05) is 11.3 Å². The molecule has 9 heteroatoms. The molecule has 29 heavy (non-hydrogen) atoms. The molecule has 152 valence electrons. The summed E-state index contributed by atoms with van der Waals surface area (Å²) in [5.74, 6) is 0.0768. The summed E-state index contributed by atoms with van der Waals surface area (Å²) in [5, 5.41) is 6.11. The molecule has 7 nitrogen and oxygen atoms in total. The number of hydrogen-bond donors (Lipinski definition) is 2. The molecule has 3 rings (SSSR count). The predicted molar refractivity (Wildman–Crippen MR) is 116 cm³/mol. The van der Waals surface area contributed by atoms with Crippen molar-refractivity contribution in [1.82, 2.24) is 9.97 Å². The van der Waals surface area contributed by atoms with Crippen LogP contribution in [0.2, 0.25) is 0 Å². The number of thiazole rings is 2. The van der Waals surface area contributed by atoms with E-state index in [9.17, 15) is 9.59 Å². The molecule has 0 atom stereocenters. The molecule has 0 spiro atoms. The second-order valence-corrected chi connectivity index (χ2v) is 8.71. The van der Waals surface area contributed by atoms with Crippen molar-refractivity contribution in [3.05, 3.63) is 45.4 Å². The van der Waals surface area contributed by atoms with E-state index in [4.69, 9.17) is 15.5 Å². The number of nitrogens with one attached hydrogen (secondary N) is 1. The molecule has 0 saturated heterocycles. The van der Waals surface area contributed by atoms with Gasteiger partial charge in [0, 0.05) is 29.9 Å². The summed E-state index contributed by atoms with van der Waals surface area (Å²) in [6.07, 6.45) is 0.525. The minimum Gasteiger partial charge on any atom is -0.491 e. The first kappa shape index (κ1) is 20.9. The first-order valence-electron chi connectivity index (χ1n) is 9.02. The van der Waals surface area contributed by atoms with Crippen molar-refractivity contribution in [1.29, 1.82) is 0 Å². The minimum absolute atomic E-state index is 0.00655. The first-order chi connectivity index (χ1) is 13.7. The average molecular weight is 431 g/mol. The Kier molecular flexibility index (Phi) is 6.29. The molecule has 0 aliphatic rings. The number of benzene rings is 1. The van der Waals surface area contributed by atoms with Crippen molar-refractivity contribution in [2.45, 2.75) is 40.2 Å². The van der Waals surface area contributed by atoms with Crippen LogP contribution in [0.3, 0.4) is 0 Å². The van der Waals surface area contributed by atoms with Gasteiger partial charge in [-0.15, -0.1) is 11.3 Å². The highest BCUT2D eigenvalue weighted by Crippen LogP contribution is 2.34. The van der Waals surface area contributed by atoms with Gasteiger partial charge in [0.25, 0.3) is 0 Å². The highest BCUT2D eigenvalue weighted by molar-refractivity contribution is 7.19. The fourth-order valence-corrected chi connectivity index (χ4v) is 4.59. The molecule has 0 fully saturated rings. The number of nitrogens with zero attached hydrogens (tertiary/aromatic N) is 2.